The largest absolute Gasteiger partial charge is 0.231 e. The van der Waals surface area contributed by atoms with Crippen molar-refractivity contribution in [2.45, 2.75) is 29.4 Å². The van der Waals surface area contributed by atoms with Gasteiger partial charge in [-0.05, 0) is 29.3 Å². The first-order valence-corrected chi connectivity index (χ1v) is 8.00. The molecule has 15 heavy (non-hydrogen) atoms. The summed E-state index contributed by atoms with van der Waals surface area (Å²) in [6.07, 6.45) is 1.57. The lowest BCUT2D eigenvalue weighted by atomic mass is 10.4. The van der Waals surface area contributed by atoms with Crippen LogP contribution in [-0.4, -0.2) is 13.1 Å². The molecule has 0 saturated heterocycles. The molecule has 1 aromatic rings. The molecule has 0 N–H and O–H groups in total. The molecule has 0 spiro atoms. The van der Waals surface area contributed by atoms with Crippen molar-refractivity contribution >= 4 is 31.3 Å². The first-order chi connectivity index (χ1) is 7.06. The average Bonchev–Trinajstić information content (AvgIpc) is 2.18. The molecule has 0 aliphatic heterocycles. The van der Waals surface area contributed by atoms with Crippen LogP contribution >= 0.6 is 22.4 Å². The fourth-order valence-corrected chi connectivity index (χ4v) is 5.12. The van der Waals surface area contributed by atoms with Gasteiger partial charge in [-0.1, -0.05) is 31.5 Å². The fourth-order valence-electron chi connectivity index (χ4n) is 1.06. The van der Waals surface area contributed by atoms with E-state index in [2.05, 4.69) is 0 Å². The number of benzene rings is 1. The molecule has 0 fully saturated rings. The van der Waals surface area contributed by atoms with Gasteiger partial charge in [-0.15, -0.1) is 11.6 Å². The molecule has 1 aromatic carbocycles. The van der Waals surface area contributed by atoms with Gasteiger partial charge in [-0.3, -0.25) is 0 Å². The highest BCUT2D eigenvalue weighted by Crippen LogP contribution is 2.31. The second-order valence-corrected chi connectivity index (χ2v) is 7.88. The Kier molecular flexibility index (Phi) is 4.96. The number of rotatable bonds is 5. The van der Waals surface area contributed by atoms with Crippen molar-refractivity contribution in [1.82, 2.24) is 0 Å². The first-order valence-electron chi connectivity index (χ1n) is 4.68. The molecule has 1 unspecified atom stereocenters. The molecule has 1 rings (SSSR count). The highest BCUT2D eigenvalue weighted by Gasteiger charge is 2.19. The van der Waals surface area contributed by atoms with E-state index in [0.717, 1.165) is 17.2 Å². The van der Waals surface area contributed by atoms with E-state index in [-0.39, 0.29) is 4.71 Å². The normalized spacial score (nSPS) is 13.7. The van der Waals surface area contributed by atoms with Crippen LogP contribution in [0.1, 0.15) is 19.8 Å². The Morgan fingerprint density at radius 1 is 1.33 bits per heavy atom. The van der Waals surface area contributed by atoms with Crippen LogP contribution in [0.15, 0.2) is 35.2 Å². The van der Waals surface area contributed by atoms with Gasteiger partial charge in [0, 0.05) is 0 Å². The van der Waals surface area contributed by atoms with E-state index in [9.17, 15) is 8.42 Å². The standard InChI is InChI=1S/C10H13ClO2S2/c1-2-6-10(11)14-15(12,13)9-7-4-3-5-8-9/h3-5,7-8,10H,2,6H2,1H3. The van der Waals surface area contributed by atoms with Gasteiger partial charge >= 0.3 is 0 Å². The van der Waals surface area contributed by atoms with Crippen LogP contribution in [0.4, 0.5) is 0 Å². The Balaban J connectivity index is 2.77. The van der Waals surface area contributed by atoms with Crippen molar-refractivity contribution in [2.75, 3.05) is 0 Å². The summed E-state index contributed by atoms with van der Waals surface area (Å²) in [7, 11) is -2.48. The summed E-state index contributed by atoms with van der Waals surface area (Å²) < 4.78 is 23.2. The third-order valence-electron chi connectivity index (χ3n) is 1.78. The van der Waals surface area contributed by atoms with Gasteiger partial charge in [0.2, 0.25) is 8.87 Å². The number of hydrogen-bond donors (Lipinski definition) is 0. The van der Waals surface area contributed by atoms with Crippen molar-refractivity contribution in [3.05, 3.63) is 30.3 Å². The molecule has 2 nitrogen and oxygen atoms in total. The Labute approximate surface area is 99.3 Å². The van der Waals surface area contributed by atoms with Gasteiger partial charge in [0.1, 0.15) is 0 Å². The Bertz CT molecular complexity index is 389. The molecular formula is C10H13ClO2S2. The van der Waals surface area contributed by atoms with Crippen molar-refractivity contribution in [1.29, 1.82) is 0 Å². The van der Waals surface area contributed by atoms with Crippen LogP contribution in [0.5, 0.6) is 0 Å². The summed E-state index contributed by atoms with van der Waals surface area (Å²) in [4.78, 5) is 0.316. The van der Waals surface area contributed by atoms with Gasteiger partial charge in [0.25, 0.3) is 0 Å². The van der Waals surface area contributed by atoms with E-state index in [1.807, 2.05) is 6.92 Å². The van der Waals surface area contributed by atoms with Gasteiger partial charge in [0.15, 0.2) is 0 Å². The number of halogens is 1. The van der Waals surface area contributed by atoms with E-state index < -0.39 is 8.87 Å². The monoisotopic (exact) mass is 264 g/mol. The van der Waals surface area contributed by atoms with E-state index in [1.54, 1.807) is 30.3 Å². The lowest BCUT2D eigenvalue weighted by Gasteiger charge is -2.07. The summed E-state index contributed by atoms with van der Waals surface area (Å²) in [6.45, 7) is 1.98. The maximum absolute atomic E-state index is 11.8. The van der Waals surface area contributed by atoms with Gasteiger partial charge in [-0.2, -0.15) is 0 Å². The molecule has 0 saturated carbocycles. The second-order valence-electron chi connectivity index (χ2n) is 3.06. The molecule has 1 atom stereocenters. The summed E-state index contributed by atoms with van der Waals surface area (Å²) >= 11 is 5.90. The van der Waals surface area contributed by atoms with Crippen molar-refractivity contribution in [2.24, 2.45) is 0 Å². The van der Waals surface area contributed by atoms with Crippen molar-refractivity contribution in [3.63, 3.8) is 0 Å². The predicted octanol–water partition coefficient (Wildman–Crippen LogP) is 3.47. The van der Waals surface area contributed by atoms with Crippen LogP contribution in [0.3, 0.4) is 0 Å². The average molecular weight is 265 g/mol. The quantitative estimate of drug-likeness (QED) is 0.603. The first kappa shape index (κ1) is 12.9. The minimum Gasteiger partial charge on any atom is -0.212 e. The van der Waals surface area contributed by atoms with Crippen LogP contribution in [0.2, 0.25) is 0 Å². The van der Waals surface area contributed by atoms with Crippen LogP contribution in [-0.2, 0) is 8.87 Å². The zero-order valence-corrected chi connectivity index (χ0v) is 10.8. The third kappa shape index (κ3) is 4.05. The van der Waals surface area contributed by atoms with E-state index in [1.165, 1.54) is 0 Å². The fraction of sp³-hybridized carbons (Fsp3) is 0.400. The molecule has 84 valence electrons. The van der Waals surface area contributed by atoms with Crippen LogP contribution < -0.4 is 0 Å². The summed E-state index contributed by atoms with van der Waals surface area (Å²) in [5, 5.41) is 0. The lowest BCUT2D eigenvalue weighted by Crippen LogP contribution is -2.01. The minimum atomic E-state index is -3.30. The molecule has 0 amide bonds. The van der Waals surface area contributed by atoms with Crippen LogP contribution in [0, 0.1) is 0 Å². The molecule has 0 bridgehead atoms. The molecule has 0 aliphatic rings. The van der Waals surface area contributed by atoms with Crippen molar-refractivity contribution < 1.29 is 8.42 Å². The van der Waals surface area contributed by atoms with Gasteiger partial charge in [-0.25, -0.2) is 8.42 Å². The van der Waals surface area contributed by atoms with Gasteiger partial charge in [0.05, 0.1) is 9.60 Å². The van der Waals surface area contributed by atoms with E-state index in [4.69, 9.17) is 11.6 Å². The Hall–Kier alpha value is -0.190. The number of hydrogen-bond acceptors (Lipinski definition) is 3. The molecular weight excluding hydrogens is 252 g/mol. The van der Waals surface area contributed by atoms with E-state index >= 15 is 0 Å². The predicted molar refractivity (Wildman–Crippen MR) is 65.8 cm³/mol. The smallest absolute Gasteiger partial charge is 0.212 e. The van der Waals surface area contributed by atoms with E-state index in [0.29, 0.717) is 11.3 Å². The summed E-state index contributed by atoms with van der Waals surface area (Å²) in [6, 6.07) is 8.36. The van der Waals surface area contributed by atoms with Crippen molar-refractivity contribution in [3.8, 4) is 0 Å². The van der Waals surface area contributed by atoms with Crippen LogP contribution in [0.25, 0.3) is 0 Å². The molecule has 0 aliphatic carbocycles. The maximum Gasteiger partial charge on any atom is 0.231 e. The molecule has 0 aromatic heterocycles. The molecule has 0 radical (unpaired) electrons. The topological polar surface area (TPSA) is 34.1 Å². The minimum absolute atomic E-state index is 0.316. The summed E-state index contributed by atoms with van der Waals surface area (Å²) in [5.41, 5.74) is 0. The maximum atomic E-state index is 11.8. The Morgan fingerprint density at radius 3 is 2.47 bits per heavy atom. The zero-order valence-electron chi connectivity index (χ0n) is 8.39. The Morgan fingerprint density at radius 2 is 1.93 bits per heavy atom. The lowest BCUT2D eigenvalue weighted by molar-refractivity contribution is 0.610. The molecule has 0 heterocycles. The summed E-state index contributed by atoms with van der Waals surface area (Å²) in [5.74, 6) is 0. The highest BCUT2D eigenvalue weighted by atomic mass is 35.5. The van der Waals surface area contributed by atoms with Gasteiger partial charge < -0.3 is 0 Å². The molecule has 5 heteroatoms. The third-order valence-corrected chi connectivity index (χ3v) is 6.16. The number of alkyl halides is 1. The SMILES string of the molecule is CCCC(Cl)SS(=O)(=O)c1ccccc1. The second kappa shape index (κ2) is 5.77. The highest BCUT2D eigenvalue weighted by molar-refractivity contribution is 8.72. The zero-order chi connectivity index (χ0) is 11.3.